The van der Waals surface area contributed by atoms with Crippen LogP contribution >= 0.6 is 23.2 Å². The van der Waals surface area contributed by atoms with E-state index in [4.69, 9.17) is 23.2 Å². The molecular weight excluding hydrogens is 231 g/mol. The second kappa shape index (κ2) is 3.95. The van der Waals surface area contributed by atoms with Gasteiger partial charge in [-0.15, -0.1) is 0 Å². The fourth-order valence-corrected chi connectivity index (χ4v) is 2.05. The Kier molecular flexibility index (Phi) is 2.81. The van der Waals surface area contributed by atoms with E-state index >= 15 is 0 Å². The minimum absolute atomic E-state index is 0.474. The van der Waals surface area contributed by atoms with E-state index in [-0.39, 0.29) is 0 Å². The van der Waals surface area contributed by atoms with E-state index in [0.29, 0.717) is 10.2 Å². The summed E-state index contributed by atoms with van der Waals surface area (Å²) in [6.07, 6.45) is 0.750. The first-order chi connectivity index (χ1) is 7.11. The largest absolute Gasteiger partial charge is 0.231 e. The van der Waals surface area contributed by atoms with Crippen LogP contribution in [0.1, 0.15) is 18.3 Å². The van der Waals surface area contributed by atoms with Crippen molar-refractivity contribution in [3.63, 3.8) is 0 Å². The molecule has 2 aromatic rings. The molecule has 0 spiro atoms. The number of aryl methyl sites for hydroxylation is 2. The highest BCUT2D eigenvalue weighted by Gasteiger charge is 2.08. The number of hydrogen-bond donors (Lipinski definition) is 0. The summed E-state index contributed by atoms with van der Waals surface area (Å²) >= 11 is 12.2. The molecule has 0 saturated carbocycles. The quantitative estimate of drug-likeness (QED) is 0.709. The third kappa shape index (κ3) is 1.92. The van der Waals surface area contributed by atoms with Crippen molar-refractivity contribution in [1.82, 2.24) is 9.97 Å². The molecule has 1 aromatic heterocycles. The highest BCUT2D eigenvalue weighted by atomic mass is 35.5. The zero-order valence-electron chi connectivity index (χ0n) is 8.51. The second-order valence-corrected chi connectivity index (χ2v) is 4.19. The standard InChI is InChI=1S/C11H10Cl2N2/c1-3-9-14-10-7(11(13)15-9)4-6(2)5-8(10)12/h4-5H,3H2,1-2H3. The fraction of sp³-hybridized carbons (Fsp3) is 0.273. The Labute approximate surface area is 98.3 Å². The molecule has 4 heteroatoms. The minimum atomic E-state index is 0.474. The van der Waals surface area contributed by atoms with Gasteiger partial charge in [-0.05, 0) is 24.6 Å². The summed E-state index contributed by atoms with van der Waals surface area (Å²) in [5.41, 5.74) is 1.79. The van der Waals surface area contributed by atoms with Crippen LogP contribution in [-0.2, 0) is 6.42 Å². The summed E-state index contributed by atoms with van der Waals surface area (Å²) in [5.74, 6) is 0.721. The van der Waals surface area contributed by atoms with Gasteiger partial charge in [0.05, 0.1) is 10.5 Å². The Bertz CT molecular complexity index is 523. The van der Waals surface area contributed by atoms with E-state index in [0.717, 1.165) is 28.7 Å². The summed E-state index contributed by atoms with van der Waals surface area (Å²) in [6.45, 7) is 3.95. The Morgan fingerprint density at radius 2 is 1.93 bits per heavy atom. The molecule has 0 aliphatic rings. The van der Waals surface area contributed by atoms with Gasteiger partial charge in [-0.3, -0.25) is 0 Å². The Hall–Kier alpha value is -0.860. The summed E-state index contributed by atoms with van der Waals surface area (Å²) < 4.78 is 0. The number of halogens is 2. The lowest BCUT2D eigenvalue weighted by molar-refractivity contribution is 0.961. The van der Waals surface area contributed by atoms with Crippen LogP contribution in [0.15, 0.2) is 12.1 Å². The number of fused-ring (bicyclic) bond motifs is 1. The molecule has 1 aromatic carbocycles. The molecule has 0 unspecified atom stereocenters. The number of rotatable bonds is 1. The smallest absolute Gasteiger partial charge is 0.140 e. The van der Waals surface area contributed by atoms with Gasteiger partial charge in [0.2, 0.25) is 0 Å². The number of benzene rings is 1. The lowest BCUT2D eigenvalue weighted by Gasteiger charge is -2.05. The summed E-state index contributed by atoms with van der Waals surface area (Å²) in [6, 6.07) is 3.83. The van der Waals surface area contributed by atoms with Crippen LogP contribution in [0.3, 0.4) is 0 Å². The predicted molar refractivity (Wildman–Crippen MR) is 63.7 cm³/mol. The Morgan fingerprint density at radius 3 is 2.60 bits per heavy atom. The molecule has 0 N–H and O–H groups in total. The first kappa shape index (κ1) is 10.7. The first-order valence-corrected chi connectivity index (χ1v) is 5.49. The molecule has 2 rings (SSSR count). The van der Waals surface area contributed by atoms with Crippen molar-refractivity contribution >= 4 is 34.1 Å². The molecular formula is C11H10Cl2N2. The molecule has 0 aliphatic carbocycles. The van der Waals surface area contributed by atoms with Gasteiger partial charge in [0.15, 0.2) is 0 Å². The molecule has 78 valence electrons. The average Bonchev–Trinajstić information content (AvgIpc) is 2.19. The lowest BCUT2D eigenvalue weighted by Crippen LogP contribution is -1.95. The third-order valence-electron chi connectivity index (χ3n) is 2.21. The molecule has 15 heavy (non-hydrogen) atoms. The average molecular weight is 241 g/mol. The maximum Gasteiger partial charge on any atom is 0.140 e. The SMILES string of the molecule is CCc1nc(Cl)c2cc(C)cc(Cl)c2n1. The van der Waals surface area contributed by atoms with Crippen molar-refractivity contribution in [2.45, 2.75) is 20.3 Å². The van der Waals surface area contributed by atoms with Gasteiger partial charge in [0.1, 0.15) is 11.0 Å². The predicted octanol–water partition coefficient (Wildman–Crippen LogP) is 3.81. The molecule has 0 atom stereocenters. The molecule has 0 saturated heterocycles. The topological polar surface area (TPSA) is 25.8 Å². The van der Waals surface area contributed by atoms with Gasteiger partial charge in [0.25, 0.3) is 0 Å². The van der Waals surface area contributed by atoms with E-state index in [2.05, 4.69) is 9.97 Å². The molecule has 0 aliphatic heterocycles. The van der Waals surface area contributed by atoms with E-state index < -0.39 is 0 Å². The molecule has 0 bridgehead atoms. The van der Waals surface area contributed by atoms with Crippen molar-refractivity contribution in [1.29, 1.82) is 0 Å². The highest BCUT2D eigenvalue weighted by molar-refractivity contribution is 6.38. The summed E-state index contributed by atoms with van der Waals surface area (Å²) in [5, 5.41) is 1.92. The van der Waals surface area contributed by atoms with Gasteiger partial charge in [0, 0.05) is 11.8 Å². The van der Waals surface area contributed by atoms with Crippen molar-refractivity contribution in [3.8, 4) is 0 Å². The maximum atomic E-state index is 6.11. The maximum absolute atomic E-state index is 6.11. The van der Waals surface area contributed by atoms with Crippen LogP contribution in [0.2, 0.25) is 10.2 Å². The Morgan fingerprint density at radius 1 is 1.20 bits per heavy atom. The van der Waals surface area contributed by atoms with Crippen LogP contribution < -0.4 is 0 Å². The zero-order chi connectivity index (χ0) is 11.0. The van der Waals surface area contributed by atoms with Crippen molar-refractivity contribution in [2.75, 3.05) is 0 Å². The monoisotopic (exact) mass is 240 g/mol. The van der Waals surface area contributed by atoms with E-state index in [1.54, 1.807) is 0 Å². The van der Waals surface area contributed by atoms with Crippen molar-refractivity contribution in [2.24, 2.45) is 0 Å². The number of hydrogen-bond acceptors (Lipinski definition) is 2. The normalized spacial score (nSPS) is 10.9. The third-order valence-corrected chi connectivity index (χ3v) is 2.79. The molecule has 2 nitrogen and oxygen atoms in total. The van der Waals surface area contributed by atoms with Crippen LogP contribution in [0, 0.1) is 6.92 Å². The van der Waals surface area contributed by atoms with Gasteiger partial charge in [-0.2, -0.15) is 0 Å². The zero-order valence-corrected chi connectivity index (χ0v) is 10.0. The van der Waals surface area contributed by atoms with Crippen LogP contribution in [0.25, 0.3) is 10.9 Å². The molecule has 0 amide bonds. The highest BCUT2D eigenvalue weighted by Crippen LogP contribution is 2.28. The molecule has 0 radical (unpaired) electrons. The van der Waals surface area contributed by atoms with Crippen molar-refractivity contribution < 1.29 is 0 Å². The van der Waals surface area contributed by atoms with E-state index in [1.807, 2.05) is 26.0 Å². The van der Waals surface area contributed by atoms with Crippen LogP contribution in [0.5, 0.6) is 0 Å². The number of nitrogens with zero attached hydrogens (tertiary/aromatic N) is 2. The first-order valence-electron chi connectivity index (χ1n) is 4.74. The van der Waals surface area contributed by atoms with E-state index in [1.165, 1.54) is 0 Å². The van der Waals surface area contributed by atoms with Gasteiger partial charge < -0.3 is 0 Å². The minimum Gasteiger partial charge on any atom is -0.231 e. The molecule has 1 heterocycles. The second-order valence-electron chi connectivity index (χ2n) is 3.43. The van der Waals surface area contributed by atoms with Gasteiger partial charge >= 0.3 is 0 Å². The molecule has 0 fully saturated rings. The lowest BCUT2D eigenvalue weighted by atomic mass is 10.1. The van der Waals surface area contributed by atoms with Crippen molar-refractivity contribution in [3.05, 3.63) is 33.7 Å². The number of aromatic nitrogens is 2. The van der Waals surface area contributed by atoms with Crippen LogP contribution in [-0.4, -0.2) is 9.97 Å². The fourth-order valence-electron chi connectivity index (χ4n) is 1.49. The summed E-state index contributed by atoms with van der Waals surface area (Å²) in [7, 11) is 0. The van der Waals surface area contributed by atoms with Gasteiger partial charge in [-0.1, -0.05) is 30.1 Å². The Balaban J connectivity index is 2.85. The summed E-state index contributed by atoms with van der Waals surface area (Å²) in [4.78, 5) is 8.57. The van der Waals surface area contributed by atoms with Crippen LogP contribution in [0.4, 0.5) is 0 Å². The van der Waals surface area contributed by atoms with Gasteiger partial charge in [-0.25, -0.2) is 9.97 Å². The van der Waals surface area contributed by atoms with E-state index in [9.17, 15) is 0 Å².